The van der Waals surface area contributed by atoms with Gasteiger partial charge in [-0.05, 0) is 81.8 Å². The van der Waals surface area contributed by atoms with E-state index in [4.69, 9.17) is 9.72 Å². The lowest BCUT2D eigenvalue weighted by atomic mass is 10.0. The number of pyridine rings is 1. The van der Waals surface area contributed by atoms with E-state index in [-0.39, 0.29) is 17.9 Å². The van der Waals surface area contributed by atoms with E-state index in [1.807, 2.05) is 119 Å². The third-order valence-electron chi connectivity index (χ3n) is 6.65. The van der Waals surface area contributed by atoms with E-state index >= 15 is 0 Å². The number of nitrogens with one attached hydrogen (secondary N) is 2. The number of fused-ring (bicyclic) bond motifs is 1. The fourth-order valence-electron chi connectivity index (χ4n) is 4.58. The Kier molecular flexibility index (Phi) is 8.39. The second-order valence-corrected chi connectivity index (χ2v) is 10.3. The van der Waals surface area contributed by atoms with Gasteiger partial charge < -0.3 is 10.1 Å². The maximum Gasteiger partial charge on any atom is 0.272 e. The van der Waals surface area contributed by atoms with E-state index in [0.717, 1.165) is 22.1 Å². The molecule has 42 heavy (non-hydrogen) atoms. The number of rotatable bonds is 8. The van der Waals surface area contributed by atoms with Gasteiger partial charge in [0, 0.05) is 22.2 Å². The van der Waals surface area contributed by atoms with Crippen LogP contribution in [0.15, 0.2) is 108 Å². The number of para-hydroxylation sites is 2. The van der Waals surface area contributed by atoms with Crippen molar-refractivity contribution in [3.05, 3.63) is 125 Å². The van der Waals surface area contributed by atoms with Crippen LogP contribution in [0.4, 0.5) is 5.69 Å². The molecule has 210 valence electrons. The molecule has 1 heterocycles. The molecule has 7 nitrogen and oxygen atoms in total. The molecule has 0 saturated heterocycles. The van der Waals surface area contributed by atoms with Crippen molar-refractivity contribution in [2.75, 3.05) is 5.32 Å². The van der Waals surface area contributed by atoms with Crippen LogP contribution in [0.5, 0.6) is 5.75 Å². The topological polar surface area (TPSA) is 92.7 Å². The number of benzene rings is 4. The minimum absolute atomic E-state index is 0.00912. The Bertz CT molecular complexity index is 1790. The maximum atomic E-state index is 13.5. The number of hydrazone groups is 1. The van der Waals surface area contributed by atoms with Crippen LogP contribution in [0, 0.1) is 6.92 Å². The summed E-state index contributed by atoms with van der Waals surface area (Å²) in [5.74, 6) is 0.180. The average Bonchev–Trinajstić information content (AvgIpc) is 2.99. The maximum absolute atomic E-state index is 13.5. The fraction of sp³-hybridized carbons (Fsp3) is 0.143. The Labute approximate surface area is 245 Å². The Morgan fingerprint density at radius 1 is 0.810 bits per heavy atom. The van der Waals surface area contributed by atoms with Gasteiger partial charge in [0.2, 0.25) is 0 Å². The van der Waals surface area contributed by atoms with Gasteiger partial charge in [-0.3, -0.25) is 9.59 Å². The largest absolute Gasteiger partial charge is 0.490 e. The van der Waals surface area contributed by atoms with Gasteiger partial charge >= 0.3 is 0 Å². The molecule has 0 aliphatic carbocycles. The lowest BCUT2D eigenvalue weighted by molar-refractivity contribution is 0.0955. The molecular formula is C35H32N4O3. The summed E-state index contributed by atoms with van der Waals surface area (Å²) in [7, 11) is 0. The molecule has 0 aliphatic rings. The highest BCUT2D eigenvalue weighted by molar-refractivity contribution is 6.08. The van der Waals surface area contributed by atoms with Gasteiger partial charge in [0.05, 0.1) is 28.6 Å². The first kappa shape index (κ1) is 28.2. The summed E-state index contributed by atoms with van der Waals surface area (Å²) in [6.45, 7) is 7.71. The Balaban J connectivity index is 1.36. The molecule has 0 radical (unpaired) electrons. The number of aryl methyl sites for hydroxylation is 1. The van der Waals surface area contributed by atoms with Crippen LogP contribution in [-0.2, 0) is 0 Å². The van der Waals surface area contributed by atoms with Crippen LogP contribution in [-0.4, -0.2) is 28.6 Å². The Morgan fingerprint density at radius 3 is 2.31 bits per heavy atom. The molecule has 0 atom stereocenters. The van der Waals surface area contributed by atoms with Crippen LogP contribution < -0.4 is 15.5 Å². The molecule has 0 unspecified atom stereocenters. The van der Waals surface area contributed by atoms with Crippen LogP contribution in [0.25, 0.3) is 22.2 Å². The van der Waals surface area contributed by atoms with Crippen molar-refractivity contribution in [2.24, 2.45) is 5.10 Å². The van der Waals surface area contributed by atoms with Gasteiger partial charge in [0.15, 0.2) is 0 Å². The van der Waals surface area contributed by atoms with Crippen LogP contribution in [0.2, 0.25) is 0 Å². The molecule has 4 aromatic carbocycles. The number of anilines is 1. The number of nitrogens with zero attached hydrogens (tertiary/aromatic N) is 2. The number of amides is 2. The highest BCUT2D eigenvalue weighted by Gasteiger charge is 2.16. The first-order valence-electron chi connectivity index (χ1n) is 13.8. The average molecular weight is 557 g/mol. The first-order valence-corrected chi connectivity index (χ1v) is 13.8. The summed E-state index contributed by atoms with van der Waals surface area (Å²) in [5.41, 5.74) is 9.02. The predicted octanol–water partition coefficient (Wildman–Crippen LogP) is 7.40. The quantitative estimate of drug-likeness (QED) is 0.154. The van der Waals surface area contributed by atoms with Crippen molar-refractivity contribution in [3.63, 3.8) is 0 Å². The van der Waals surface area contributed by atoms with Gasteiger partial charge in [-0.15, -0.1) is 0 Å². The normalized spacial score (nSPS) is 11.4. The molecule has 0 spiro atoms. The third-order valence-corrected chi connectivity index (χ3v) is 6.65. The standard InChI is InChI=1S/C35H32N4O3/c1-22(2)42-33-15-8-6-13-29(33)32-21-30(28-12-5-7-14-31(28)37-32)35(41)39-38-24(4)25-16-18-27(19-17-25)36-34(40)26-11-9-10-23(3)20-26/h5-22H,1-4H3,(H,36,40)(H,39,41)/b38-24+. The minimum Gasteiger partial charge on any atom is -0.490 e. The summed E-state index contributed by atoms with van der Waals surface area (Å²) in [6, 6.07) is 31.7. The zero-order chi connectivity index (χ0) is 29.6. The molecule has 5 rings (SSSR count). The first-order chi connectivity index (χ1) is 20.3. The van der Waals surface area contributed by atoms with E-state index in [9.17, 15) is 9.59 Å². The number of ether oxygens (including phenoxy) is 1. The molecule has 0 saturated carbocycles. The van der Waals surface area contributed by atoms with E-state index in [1.165, 1.54) is 0 Å². The van der Waals surface area contributed by atoms with E-state index in [1.54, 1.807) is 12.1 Å². The van der Waals surface area contributed by atoms with Crippen molar-refractivity contribution < 1.29 is 14.3 Å². The highest BCUT2D eigenvalue weighted by atomic mass is 16.5. The van der Waals surface area contributed by atoms with Crippen LogP contribution in [0.1, 0.15) is 52.6 Å². The predicted molar refractivity (Wildman–Crippen MR) is 168 cm³/mol. The molecule has 0 bridgehead atoms. The number of aromatic nitrogens is 1. The molecule has 5 aromatic rings. The molecule has 0 fully saturated rings. The van der Waals surface area contributed by atoms with Gasteiger partial charge in [0.1, 0.15) is 5.75 Å². The highest BCUT2D eigenvalue weighted by Crippen LogP contribution is 2.32. The fourth-order valence-corrected chi connectivity index (χ4v) is 4.58. The number of carbonyl (C=O) groups is 2. The summed E-state index contributed by atoms with van der Waals surface area (Å²) in [4.78, 5) is 30.9. The van der Waals surface area contributed by atoms with Gasteiger partial charge in [-0.25, -0.2) is 10.4 Å². The van der Waals surface area contributed by atoms with Crippen molar-refractivity contribution >= 4 is 34.1 Å². The summed E-state index contributed by atoms with van der Waals surface area (Å²) < 4.78 is 6.01. The summed E-state index contributed by atoms with van der Waals surface area (Å²) in [6.07, 6.45) is -0.00912. The van der Waals surface area contributed by atoms with Crippen LogP contribution >= 0.6 is 0 Å². The second-order valence-electron chi connectivity index (χ2n) is 10.3. The van der Waals surface area contributed by atoms with Crippen molar-refractivity contribution in [1.82, 2.24) is 10.4 Å². The SMILES string of the molecule is C/C(=N\NC(=O)c1cc(-c2ccccc2OC(C)C)nc2ccccc12)c1ccc(NC(=O)c2cccc(C)c2)cc1. The monoisotopic (exact) mass is 556 g/mol. The van der Waals surface area contributed by atoms with Crippen LogP contribution in [0.3, 0.4) is 0 Å². The second kappa shape index (κ2) is 12.5. The zero-order valence-corrected chi connectivity index (χ0v) is 24.0. The molecular weight excluding hydrogens is 524 g/mol. The lowest BCUT2D eigenvalue weighted by Gasteiger charge is -2.15. The smallest absolute Gasteiger partial charge is 0.272 e. The number of hydrogen-bond acceptors (Lipinski definition) is 5. The van der Waals surface area contributed by atoms with E-state index in [2.05, 4.69) is 15.8 Å². The van der Waals surface area contributed by atoms with Crippen molar-refractivity contribution in [2.45, 2.75) is 33.8 Å². The molecule has 1 aromatic heterocycles. The third kappa shape index (κ3) is 6.53. The minimum atomic E-state index is -0.349. The number of carbonyl (C=O) groups excluding carboxylic acids is 2. The van der Waals surface area contributed by atoms with Gasteiger partial charge in [-0.1, -0.05) is 60.2 Å². The molecule has 7 heteroatoms. The van der Waals surface area contributed by atoms with Crippen molar-refractivity contribution in [3.8, 4) is 17.0 Å². The van der Waals surface area contributed by atoms with E-state index < -0.39 is 0 Å². The lowest BCUT2D eigenvalue weighted by Crippen LogP contribution is -2.20. The summed E-state index contributed by atoms with van der Waals surface area (Å²) in [5, 5.41) is 8.00. The Morgan fingerprint density at radius 2 is 1.55 bits per heavy atom. The Hall–Kier alpha value is -5.30. The zero-order valence-electron chi connectivity index (χ0n) is 24.0. The van der Waals surface area contributed by atoms with E-state index in [0.29, 0.717) is 39.5 Å². The number of hydrogen-bond donors (Lipinski definition) is 2. The molecule has 0 aliphatic heterocycles. The molecule has 2 N–H and O–H groups in total. The summed E-state index contributed by atoms with van der Waals surface area (Å²) >= 11 is 0. The van der Waals surface area contributed by atoms with Gasteiger partial charge in [0.25, 0.3) is 11.8 Å². The van der Waals surface area contributed by atoms with Gasteiger partial charge in [-0.2, -0.15) is 5.10 Å². The molecule has 2 amide bonds. The van der Waals surface area contributed by atoms with Crippen molar-refractivity contribution in [1.29, 1.82) is 0 Å².